The van der Waals surface area contributed by atoms with Gasteiger partial charge in [0.25, 0.3) is 0 Å². The van der Waals surface area contributed by atoms with E-state index in [1.54, 1.807) is 6.92 Å². The van der Waals surface area contributed by atoms with E-state index in [4.69, 9.17) is 5.11 Å². The molecule has 0 aromatic rings. The highest BCUT2D eigenvalue weighted by Gasteiger charge is 2.30. The zero-order valence-corrected chi connectivity index (χ0v) is 9.05. The summed E-state index contributed by atoms with van der Waals surface area (Å²) in [6, 6.07) is 0. The van der Waals surface area contributed by atoms with Crippen molar-refractivity contribution in [1.29, 1.82) is 0 Å². The smallest absolute Gasteiger partial charge is 0.313 e. The van der Waals surface area contributed by atoms with Gasteiger partial charge in [-0.25, -0.2) is 0 Å². The van der Waals surface area contributed by atoms with E-state index in [9.17, 15) is 4.79 Å². The highest BCUT2D eigenvalue weighted by Crippen LogP contribution is 2.31. The molecule has 0 aromatic heterocycles. The van der Waals surface area contributed by atoms with Gasteiger partial charge in [0.1, 0.15) is 0 Å². The molecule has 76 valence electrons. The van der Waals surface area contributed by atoms with E-state index in [-0.39, 0.29) is 5.41 Å². The minimum Gasteiger partial charge on any atom is -0.481 e. The van der Waals surface area contributed by atoms with Crippen molar-refractivity contribution in [2.75, 3.05) is 0 Å². The average molecular weight is 184 g/mol. The van der Waals surface area contributed by atoms with Gasteiger partial charge < -0.3 is 5.11 Å². The summed E-state index contributed by atoms with van der Waals surface area (Å²) in [5.74, 6) is -0.785. The van der Waals surface area contributed by atoms with Crippen LogP contribution in [0, 0.1) is 10.8 Å². The zero-order valence-electron chi connectivity index (χ0n) is 9.05. The maximum Gasteiger partial charge on any atom is 0.313 e. The molecule has 0 heterocycles. The van der Waals surface area contributed by atoms with Crippen LogP contribution in [-0.2, 0) is 4.79 Å². The lowest BCUT2D eigenvalue weighted by atomic mass is 9.79. The first-order chi connectivity index (χ1) is 5.71. The van der Waals surface area contributed by atoms with Gasteiger partial charge in [-0.15, -0.1) is 6.58 Å². The van der Waals surface area contributed by atoms with Gasteiger partial charge in [0, 0.05) is 0 Å². The quantitative estimate of drug-likeness (QED) is 0.682. The first-order valence-corrected chi connectivity index (χ1v) is 4.58. The van der Waals surface area contributed by atoms with Gasteiger partial charge in [-0.1, -0.05) is 26.8 Å². The van der Waals surface area contributed by atoms with Crippen molar-refractivity contribution in [3.63, 3.8) is 0 Å². The summed E-state index contributed by atoms with van der Waals surface area (Å²) in [4.78, 5) is 10.9. The second-order valence-corrected chi connectivity index (χ2v) is 4.99. The van der Waals surface area contributed by atoms with Crippen molar-refractivity contribution in [2.24, 2.45) is 10.8 Å². The summed E-state index contributed by atoms with van der Waals surface area (Å²) in [6.45, 7) is 11.6. The van der Waals surface area contributed by atoms with Crippen LogP contribution in [0.15, 0.2) is 12.7 Å². The molecule has 0 radical (unpaired) electrons. The minimum atomic E-state index is -0.785. The van der Waals surface area contributed by atoms with E-state index in [2.05, 4.69) is 27.4 Å². The highest BCUT2D eigenvalue weighted by molar-refractivity contribution is 5.76. The Morgan fingerprint density at radius 2 is 1.77 bits per heavy atom. The lowest BCUT2D eigenvalue weighted by Gasteiger charge is -2.25. The molecule has 1 atom stereocenters. The van der Waals surface area contributed by atoms with Crippen LogP contribution in [-0.4, -0.2) is 11.1 Å². The highest BCUT2D eigenvalue weighted by atomic mass is 16.4. The van der Waals surface area contributed by atoms with E-state index in [1.165, 1.54) is 6.08 Å². The first kappa shape index (κ1) is 12.2. The number of hydrogen-bond donors (Lipinski definition) is 1. The number of carbonyl (C=O) groups is 1. The molecule has 1 N–H and O–H groups in total. The average Bonchev–Trinajstić information content (AvgIpc) is 1.98. The van der Waals surface area contributed by atoms with Crippen LogP contribution in [0.2, 0.25) is 0 Å². The van der Waals surface area contributed by atoms with Crippen molar-refractivity contribution in [1.82, 2.24) is 0 Å². The molecule has 0 spiro atoms. The summed E-state index contributed by atoms with van der Waals surface area (Å²) < 4.78 is 0. The van der Waals surface area contributed by atoms with E-state index in [0.717, 1.165) is 6.42 Å². The van der Waals surface area contributed by atoms with E-state index in [1.807, 2.05) is 0 Å². The molecule has 0 amide bonds. The van der Waals surface area contributed by atoms with Gasteiger partial charge >= 0.3 is 5.97 Å². The van der Waals surface area contributed by atoms with Crippen molar-refractivity contribution in [3.8, 4) is 0 Å². The third-order valence-electron chi connectivity index (χ3n) is 2.33. The molecule has 13 heavy (non-hydrogen) atoms. The second kappa shape index (κ2) is 3.95. The molecule has 0 saturated carbocycles. The third kappa shape index (κ3) is 4.11. The van der Waals surface area contributed by atoms with E-state index in [0.29, 0.717) is 6.42 Å². The van der Waals surface area contributed by atoms with Crippen molar-refractivity contribution in [3.05, 3.63) is 12.7 Å². The summed E-state index contributed by atoms with van der Waals surface area (Å²) in [5.41, 5.74) is -0.590. The predicted octanol–water partition coefficient (Wildman–Crippen LogP) is 3.09. The van der Waals surface area contributed by atoms with E-state index >= 15 is 0 Å². The molecule has 0 bridgehead atoms. The van der Waals surface area contributed by atoms with Gasteiger partial charge in [-0.3, -0.25) is 4.79 Å². The first-order valence-electron chi connectivity index (χ1n) is 4.58. The number of hydrogen-bond acceptors (Lipinski definition) is 1. The molecule has 2 nitrogen and oxygen atoms in total. The van der Waals surface area contributed by atoms with Gasteiger partial charge in [0.05, 0.1) is 5.41 Å². The fourth-order valence-electron chi connectivity index (χ4n) is 0.931. The number of rotatable bonds is 4. The topological polar surface area (TPSA) is 37.3 Å². The molecule has 0 aromatic carbocycles. The van der Waals surface area contributed by atoms with Crippen LogP contribution in [0.25, 0.3) is 0 Å². The van der Waals surface area contributed by atoms with Crippen LogP contribution in [0.5, 0.6) is 0 Å². The molecule has 0 fully saturated rings. The Morgan fingerprint density at radius 3 is 2.00 bits per heavy atom. The molecule has 1 unspecified atom stereocenters. The van der Waals surface area contributed by atoms with Gasteiger partial charge in [0.2, 0.25) is 0 Å². The fourth-order valence-corrected chi connectivity index (χ4v) is 0.931. The largest absolute Gasteiger partial charge is 0.481 e. The van der Waals surface area contributed by atoms with Crippen LogP contribution < -0.4 is 0 Å². The Labute approximate surface area is 80.7 Å². The van der Waals surface area contributed by atoms with Crippen molar-refractivity contribution >= 4 is 5.97 Å². The lowest BCUT2D eigenvalue weighted by Crippen LogP contribution is -2.26. The Bertz CT molecular complexity index is 201. The molecule has 0 aliphatic carbocycles. The Hall–Kier alpha value is -0.790. The number of carboxylic acid groups (broad SMARTS) is 1. The van der Waals surface area contributed by atoms with Crippen LogP contribution in [0.4, 0.5) is 0 Å². The standard InChI is InChI=1S/C11H20O2/c1-6-11(5,9(12)13)8-7-10(2,3)4/h6H,1,7-8H2,2-5H3,(H,12,13). The summed E-state index contributed by atoms with van der Waals surface area (Å²) in [6.07, 6.45) is 3.07. The zero-order chi connectivity index (χ0) is 10.7. The Morgan fingerprint density at radius 1 is 1.31 bits per heavy atom. The van der Waals surface area contributed by atoms with Crippen LogP contribution >= 0.6 is 0 Å². The molecule has 0 aliphatic heterocycles. The molecule has 0 aliphatic rings. The maximum atomic E-state index is 10.9. The number of aliphatic carboxylic acids is 1. The maximum absolute atomic E-state index is 10.9. The molecule has 0 rings (SSSR count). The van der Waals surface area contributed by atoms with Crippen molar-refractivity contribution in [2.45, 2.75) is 40.5 Å². The normalized spacial score (nSPS) is 16.3. The second-order valence-electron chi connectivity index (χ2n) is 4.99. The van der Waals surface area contributed by atoms with Crippen LogP contribution in [0.1, 0.15) is 40.5 Å². The van der Waals surface area contributed by atoms with Gasteiger partial charge in [-0.2, -0.15) is 0 Å². The van der Waals surface area contributed by atoms with Gasteiger partial charge in [0.15, 0.2) is 0 Å². The fraction of sp³-hybridized carbons (Fsp3) is 0.727. The Kier molecular flexibility index (Phi) is 3.71. The minimum absolute atomic E-state index is 0.180. The predicted molar refractivity (Wildman–Crippen MR) is 54.6 cm³/mol. The third-order valence-corrected chi connectivity index (χ3v) is 2.33. The van der Waals surface area contributed by atoms with Crippen molar-refractivity contribution < 1.29 is 9.90 Å². The van der Waals surface area contributed by atoms with Crippen LogP contribution in [0.3, 0.4) is 0 Å². The molecular formula is C11H20O2. The molecule has 2 heteroatoms. The monoisotopic (exact) mass is 184 g/mol. The summed E-state index contributed by atoms with van der Waals surface area (Å²) in [5, 5.41) is 8.96. The summed E-state index contributed by atoms with van der Waals surface area (Å²) >= 11 is 0. The Balaban J connectivity index is 4.31. The number of carboxylic acids is 1. The molecule has 0 saturated heterocycles. The SMILES string of the molecule is C=CC(C)(CCC(C)(C)C)C(=O)O. The van der Waals surface area contributed by atoms with Gasteiger partial charge in [-0.05, 0) is 25.2 Å². The summed E-state index contributed by atoms with van der Waals surface area (Å²) in [7, 11) is 0. The van der Waals surface area contributed by atoms with E-state index < -0.39 is 11.4 Å². The lowest BCUT2D eigenvalue weighted by molar-refractivity contribution is -0.145. The molecular weight excluding hydrogens is 164 g/mol.